The Balaban J connectivity index is 2.12. The van der Waals surface area contributed by atoms with Gasteiger partial charge < -0.3 is 14.7 Å². The molecule has 1 aliphatic heterocycles. The normalized spacial score (nSPS) is 18.6. The van der Waals surface area contributed by atoms with Crippen molar-refractivity contribution in [3.05, 3.63) is 30.1 Å². The molecule has 1 aromatic carbocycles. The molecular weight excluding hydrogens is 277 g/mol. The molecule has 1 amide bonds. The zero-order valence-corrected chi connectivity index (χ0v) is 12.0. The zero-order chi connectivity index (χ0) is 15.6. The van der Waals surface area contributed by atoms with Crippen molar-refractivity contribution in [2.75, 3.05) is 6.54 Å². The second-order valence-electron chi connectivity index (χ2n) is 5.56. The molecule has 0 bridgehead atoms. The number of hydrogen-bond donors (Lipinski definition) is 1. The predicted octanol–water partition coefficient (Wildman–Crippen LogP) is 2.06. The summed E-state index contributed by atoms with van der Waals surface area (Å²) in [4.78, 5) is 25.0. The van der Waals surface area contributed by atoms with E-state index in [1.54, 1.807) is 13.8 Å². The molecule has 1 saturated heterocycles. The van der Waals surface area contributed by atoms with Crippen LogP contribution in [0, 0.1) is 5.82 Å². The van der Waals surface area contributed by atoms with Crippen LogP contribution in [0.3, 0.4) is 0 Å². The lowest BCUT2D eigenvalue weighted by atomic mass is 10.1. The van der Waals surface area contributed by atoms with Crippen molar-refractivity contribution in [1.82, 2.24) is 4.90 Å². The van der Waals surface area contributed by atoms with Crippen LogP contribution in [0.2, 0.25) is 0 Å². The summed E-state index contributed by atoms with van der Waals surface area (Å²) in [5, 5.41) is 9.14. The third-order valence-corrected chi connectivity index (χ3v) is 3.50. The van der Waals surface area contributed by atoms with Crippen LogP contribution in [-0.4, -0.2) is 40.1 Å². The molecule has 0 aliphatic carbocycles. The van der Waals surface area contributed by atoms with Crippen LogP contribution >= 0.6 is 0 Å². The number of aliphatic carboxylic acids is 1. The molecule has 1 aromatic rings. The number of nitrogens with zero attached hydrogens (tertiary/aromatic N) is 1. The van der Waals surface area contributed by atoms with E-state index in [0.717, 1.165) is 0 Å². The van der Waals surface area contributed by atoms with Gasteiger partial charge in [-0.3, -0.25) is 4.79 Å². The second kappa shape index (κ2) is 5.71. The van der Waals surface area contributed by atoms with E-state index in [1.807, 2.05) is 0 Å². The van der Waals surface area contributed by atoms with Crippen LogP contribution in [0.25, 0.3) is 0 Å². The second-order valence-corrected chi connectivity index (χ2v) is 5.56. The highest BCUT2D eigenvalue weighted by atomic mass is 19.1. The number of carbonyl (C=O) groups excluding carboxylic acids is 1. The standard InChI is InChI=1S/C15H18FNO4/c1-15(2,21-11-7-5-10(16)6-8-11)14(20)17-9-3-4-12(17)13(18)19/h5-8,12H,3-4,9H2,1-2H3,(H,18,19). The number of carboxylic acids is 1. The number of hydrogen-bond acceptors (Lipinski definition) is 3. The lowest BCUT2D eigenvalue weighted by Crippen LogP contribution is -2.52. The maximum Gasteiger partial charge on any atom is 0.326 e. The van der Waals surface area contributed by atoms with Crippen LogP contribution in [0.15, 0.2) is 24.3 Å². The van der Waals surface area contributed by atoms with E-state index < -0.39 is 23.4 Å². The summed E-state index contributed by atoms with van der Waals surface area (Å²) < 4.78 is 18.5. The first-order valence-electron chi connectivity index (χ1n) is 6.80. The van der Waals surface area contributed by atoms with Crippen molar-refractivity contribution >= 4 is 11.9 Å². The first-order chi connectivity index (χ1) is 9.81. The van der Waals surface area contributed by atoms with Crippen LogP contribution in [0.1, 0.15) is 26.7 Å². The van der Waals surface area contributed by atoms with Gasteiger partial charge in [0.15, 0.2) is 5.60 Å². The van der Waals surface area contributed by atoms with Crippen molar-refractivity contribution in [2.45, 2.75) is 38.3 Å². The molecule has 1 unspecified atom stereocenters. The highest BCUT2D eigenvalue weighted by Gasteiger charge is 2.42. The van der Waals surface area contributed by atoms with Gasteiger partial charge in [-0.05, 0) is 51.0 Å². The van der Waals surface area contributed by atoms with E-state index >= 15 is 0 Å². The Hall–Kier alpha value is -2.11. The number of likely N-dealkylation sites (tertiary alicyclic amines) is 1. The van der Waals surface area contributed by atoms with E-state index in [2.05, 4.69) is 0 Å². The topological polar surface area (TPSA) is 66.8 Å². The molecular formula is C15H18FNO4. The molecule has 114 valence electrons. The largest absolute Gasteiger partial charge is 0.480 e. The van der Waals surface area contributed by atoms with Gasteiger partial charge in [0.2, 0.25) is 0 Å². The highest BCUT2D eigenvalue weighted by molar-refractivity contribution is 5.89. The van der Waals surface area contributed by atoms with E-state index in [0.29, 0.717) is 25.1 Å². The van der Waals surface area contributed by atoms with Gasteiger partial charge in [0, 0.05) is 6.54 Å². The Morgan fingerprint density at radius 1 is 1.33 bits per heavy atom. The van der Waals surface area contributed by atoms with Gasteiger partial charge in [0.25, 0.3) is 5.91 Å². The fourth-order valence-corrected chi connectivity index (χ4v) is 2.45. The number of carboxylic acid groups (broad SMARTS) is 1. The average molecular weight is 295 g/mol. The SMILES string of the molecule is CC(C)(Oc1ccc(F)cc1)C(=O)N1CCCC1C(=O)O. The molecule has 5 nitrogen and oxygen atoms in total. The minimum atomic E-state index is -1.21. The molecule has 1 N–H and O–H groups in total. The molecule has 2 rings (SSSR count). The fourth-order valence-electron chi connectivity index (χ4n) is 2.45. The molecule has 21 heavy (non-hydrogen) atoms. The number of amides is 1. The average Bonchev–Trinajstić information content (AvgIpc) is 2.89. The van der Waals surface area contributed by atoms with E-state index in [-0.39, 0.29) is 5.91 Å². The molecule has 0 spiro atoms. The smallest absolute Gasteiger partial charge is 0.326 e. The molecule has 0 saturated carbocycles. The fraction of sp³-hybridized carbons (Fsp3) is 0.467. The summed E-state index contributed by atoms with van der Waals surface area (Å²) in [6.45, 7) is 3.57. The van der Waals surface area contributed by atoms with Gasteiger partial charge >= 0.3 is 5.97 Å². The summed E-state index contributed by atoms with van der Waals surface area (Å²) in [6.07, 6.45) is 1.11. The van der Waals surface area contributed by atoms with Crippen molar-refractivity contribution in [1.29, 1.82) is 0 Å². The van der Waals surface area contributed by atoms with Crippen molar-refractivity contribution < 1.29 is 23.8 Å². The summed E-state index contributed by atoms with van der Waals surface area (Å²) in [5.74, 6) is -1.41. The molecule has 1 heterocycles. The van der Waals surface area contributed by atoms with Crippen molar-refractivity contribution in [2.24, 2.45) is 0 Å². The first-order valence-corrected chi connectivity index (χ1v) is 6.80. The van der Waals surface area contributed by atoms with Gasteiger partial charge in [-0.25, -0.2) is 9.18 Å². The molecule has 0 radical (unpaired) electrons. The molecule has 1 aliphatic rings. The predicted molar refractivity (Wildman–Crippen MR) is 73.5 cm³/mol. The van der Waals surface area contributed by atoms with E-state index in [4.69, 9.17) is 9.84 Å². The van der Waals surface area contributed by atoms with Crippen molar-refractivity contribution in [3.63, 3.8) is 0 Å². The Morgan fingerprint density at radius 2 is 1.95 bits per heavy atom. The summed E-state index contributed by atoms with van der Waals surface area (Å²) in [5.41, 5.74) is -1.21. The van der Waals surface area contributed by atoms with Crippen LogP contribution in [0.5, 0.6) is 5.75 Å². The summed E-state index contributed by atoms with van der Waals surface area (Å²) >= 11 is 0. The minimum absolute atomic E-state index is 0.362. The number of rotatable bonds is 4. The van der Waals surface area contributed by atoms with Gasteiger partial charge in [0.1, 0.15) is 17.6 Å². The van der Waals surface area contributed by atoms with Crippen LogP contribution in [0.4, 0.5) is 4.39 Å². The first kappa shape index (κ1) is 15.3. The number of ether oxygens (including phenoxy) is 1. The lowest BCUT2D eigenvalue weighted by Gasteiger charge is -2.32. The van der Waals surface area contributed by atoms with Crippen LogP contribution in [-0.2, 0) is 9.59 Å². The molecule has 1 fully saturated rings. The van der Waals surface area contributed by atoms with Gasteiger partial charge in [-0.2, -0.15) is 0 Å². The monoisotopic (exact) mass is 295 g/mol. The Kier molecular flexibility index (Phi) is 4.16. The quantitative estimate of drug-likeness (QED) is 0.923. The summed E-state index contributed by atoms with van der Waals surface area (Å²) in [6, 6.07) is 4.55. The Bertz CT molecular complexity index is 541. The maximum absolute atomic E-state index is 12.9. The van der Waals surface area contributed by atoms with Gasteiger partial charge in [0.05, 0.1) is 0 Å². The third kappa shape index (κ3) is 3.32. The molecule has 0 aromatic heterocycles. The molecule has 6 heteroatoms. The third-order valence-electron chi connectivity index (χ3n) is 3.50. The Morgan fingerprint density at radius 3 is 2.52 bits per heavy atom. The number of halogens is 1. The molecule has 1 atom stereocenters. The number of carbonyl (C=O) groups is 2. The highest BCUT2D eigenvalue weighted by Crippen LogP contribution is 2.25. The minimum Gasteiger partial charge on any atom is -0.480 e. The zero-order valence-electron chi connectivity index (χ0n) is 12.0. The summed E-state index contributed by atoms with van der Waals surface area (Å²) in [7, 11) is 0. The lowest BCUT2D eigenvalue weighted by molar-refractivity contribution is -0.155. The van der Waals surface area contributed by atoms with Gasteiger partial charge in [-0.15, -0.1) is 0 Å². The van der Waals surface area contributed by atoms with Gasteiger partial charge in [-0.1, -0.05) is 0 Å². The Labute approximate surface area is 122 Å². The van der Waals surface area contributed by atoms with E-state index in [9.17, 15) is 14.0 Å². The van der Waals surface area contributed by atoms with Crippen LogP contribution < -0.4 is 4.74 Å². The maximum atomic E-state index is 12.9. The van der Waals surface area contributed by atoms with E-state index in [1.165, 1.54) is 29.2 Å². The number of benzene rings is 1. The van der Waals surface area contributed by atoms with Crippen molar-refractivity contribution in [3.8, 4) is 5.75 Å².